The number of rotatable bonds is 3. The molecular weight excluding hydrogens is 168 g/mol. The lowest BCUT2D eigenvalue weighted by atomic mass is 10.1. The molecule has 6 nitrogen and oxygen atoms in total. The number of nitrogens with one attached hydrogen (secondary N) is 1. The quantitative estimate of drug-likeness (QED) is 0.624. The van der Waals surface area contributed by atoms with Crippen LogP contribution in [-0.4, -0.2) is 51.3 Å². The van der Waals surface area contributed by atoms with E-state index < -0.39 is 0 Å². The van der Waals surface area contributed by atoms with Gasteiger partial charge in [0.2, 0.25) is 0 Å². The summed E-state index contributed by atoms with van der Waals surface area (Å²) >= 11 is 0. The van der Waals surface area contributed by atoms with Crippen LogP contribution in [-0.2, 0) is 13.6 Å². The van der Waals surface area contributed by atoms with Crippen LogP contribution in [0.5, 0.6) is 0 Å². The molecule has 1 saturated heterocycles. The average molecular weight is 182 g/mol. The van der Waals surface area contributed by atoms with Crippen LogP contribution in [0, 0.1) is 0 Å². The van der Waals surface area contributed by atoms with Gasteiger partial charge in [-0.2, -0.15) is 4.80 Å². The standard InChI is InChI=1S/C7H14N6/c1-12(6-3-8-4-6)5-7-9-11-13(2)10-7/h6,8H,3-5H2,1-2H3. The molecule has 0 radical (unpaired) electrons. The van der Waals surface area contributed by atoms with E-state index in [0.29, 0.717) is 6.04 Å². The summed E-state index contributed by atoms with van der Waals surface area (Å²) in [5, 5.41) is 15.1. The van der Waals surface area contributed by atoms with Gasteiger partial charge in [-0.15, -0.1) is 10.2 Å². The zero-order valence-electron chi connectivity index (χ0n) is 7.93. The third-order valence-electron chi connectivity index (χ3n) is 2.32. The lowest BCUT2D eigenvalue weighted by Crippen LogP contribution is -2.55. The van der Waals surface area contributed by atoms with E-state index in [1.165, 1.54) is 4.80 Å². The molecule has 2 heterocycles. The molecule has 2 rings (SSSR count). The summed E-state index contributed by atoms with van der Waals surface area (Å²) in [4.78, 5) is 3.73. The fourth-order valence-corrected chi connectivity index (χ4v) is 1.32. The zero-order chi connectivity index (χ0) is 9.26. The normalized spacial score (nSPS) is 17.8. The Morgan fingerprint density at radius 1 is 1.62 bits per heavy atom. The van der Waals surface area contributed by atoms with Crippen molar-refractivity contribution in [3.8, 4) is 0 Å². The summed E-state index contributed by atoms with van der Waals surface area (Å²) < 4.78 is 0. The second-order valence-corrected chi connectivity index (χ2v) is 3.42. The minimum absolute atomic E-state index is 0.629. The second-order valence-electron chi connectivity index (χ2n) is 3.42. The predicted octanol–water partition coefficient (Wildman–Crippen LogP) is -1.39. The first-order chi connectivity index (χ1) is 6.25. The van der Waals surface area contributed by atoms with Crippen LogP contribution in [0.3, 0.4) is 0 Å². The second kappa shape index (κ2) is 3.39. The van der Waals surface area contributed by atoms with E-state index in [1.54, 1.807) is 7.05 Å². The Morgan fingerprint density at radius 2 is 2.38 bits per heavy atom. The Hall–Kier alpha value is -1.01. The molecule has 1 aromatic rings. The van der Waals surface area contributed by atoms with Gasteiger partial charge in [-0.3, -0.25) is 4.90 Å². The summed E-state index contributed by atoms with van der Waals surface area (Å²) in [6, 6.07) is 0.629. The average Bonchev–Trinajstić information content (AvgIpc) is 2.31. The fraction of sp³-hybridized carbons (Fsp3) is 0.857. The van der Waals surface area contributed by atoms with Crippen molar-refractivity contribution in [2.24, 2.45) is 7.05 Å². The molecule has 72 valence electrons. The van der Waals surface area contributed by atoms with E-state index in [0.717, 1.165) is 25.5 Å². The molecule has 0 amide bonds. The molecule has 0 saturated carbocycles. The minimum Gasteiger partial charge on any atom is -0.314 e. The number of aryl methyl sites for hydroxylation is 1. The van der Waals surface area contributed by atoms with Gasteiger partial charge >= 0.3 is 0 Å². The lowest BCUT2D eigenvalue weighted by molar-refractivity contribution is 0.169. The monoisotopic (exact) mass is 182 g/mol. The number of aromatic nitrogens is 4. The van der Waals surface area contributed by atoms with Crippen molar-refractivity contribution < 1.29 is 0 Å². The Labute approximate surface area is 76.9 Å². The van der Waals surface area contributed by atoms with Crippen molar-refractivity contribution >= 4 is 0 Å². The van der Waals surface area contributed by atoms with Gasteiger partial charge in [-0.25, -0.2) is 0 Å². The third kappa shape index (κ3) is 1.84. The van der Waals surface area contributed by atoms with Crippen LogP contribution in [0.4, 0.5) is 0 Å². The van der Waals surface area contributed by atoms with Gasteiger partial charge in [0.25, 0.3) is 0 Å². The molecule has 1 aromatic heterocycles. The highest BCUT2D eigenvalue weighted by molar-refractivity contribution is 4.86. The number of hydrogen-bond donors (Lipinski definition) is 1. The van der Waals surface area contributed by atoms with Gasteiger partial charge < -0.3 is 5.32 Å². The molecule has 0 atom stereocenters. The van der Waals surface area contributed by atoms with Gasteiger partial charge in [0.1, 0.15) is 0 Å². The van der Waals surface area contributed by atoms with Crippen LogP contribution in [0.25, 0.3) is 0 Å². The lowest BCUT2D eigenvalue weighted by Gasteiger charge is -2.34. The number of tetrazole rings is 1. The predicted molar refractivity (Wildman–Crippen MR) is 46.9 cm³/mol. The van der Waals surface area contributed by atoms with Gasteiger partial charge in [0.05, 0.1) is 13.6 Å². The molecule has 0 aromatic carbocycles. The first-order valence-corrected chi connectivity index (χ1v) is 4.39. The summed E-state index contributed by atoms with van der Waals surface area (Å²) in [5.41, 5.74) is 0. The SMILES string of the molecule is CN(Cc1nnn(C)n1)C1CNC1. The molecule has 1 N–H and O–H groups in total. The van der Waals surface area contributed by atoms with E-state index in [1.807, 2.05) is 0 Å². The molecule has 6 heteroatoms. The van der Waals surface area contributed by atoms with Crippen LogP contribution in [0.15, 0.2) is 0 Å². The molecule has 13 heavy (non-hydrogen) atoms. The van der Waals surface area contributed by atoms with E-state index in [4.69, 9.17) is 0 Å². The highest BCUT2D eigenvalue weighted by Gasteiger charge is 2.22. The van der Waals surface area contributed by atoms with Crippen molar-refractivity contribution in [3.05, 3.63) is 5.82 Å². The van der Waals surface area contributed by atoms with Crippen molar-refractivity contribution in [1.29, 1.82) is 0 Å². The van der Waals surface area contributed by atoms with E-state index in [-0.39, 0.29) is 0 Å². The summed E-state index contributed by atoms with van der Waals surface area (Å²) in [7, 11) is 3.86. The van der Waals surface area contributed by atoms with Crippen molar-refractivity contribution in [1.82, 2.24) is 30.4 Å². The smallest absolute Gasteiger partial charge is 0.188 e. The number of hydrogen-bond acceptors (Lipinski definition) is 5. The Bertz CT molecular complexity index is 278. The maximum absolute atomic E-state index is 4.12. The van der Waals surface area contributed by atoms with Crippen LogP contribution >= 0.6 is 0 Å². The van der Waals surface area contributed by atoms with Crippen molar-refractivity contribution in [2.45, 2.75) is 12.6 Å². The first kappa shape index (κ1) is 8.58. The number of nitrogens with zero attached hydrogens (tertiary/aromatic N) is 5. The molecule has 0 unspecified atom stereocenters. The molecular formula is C7H14N6. The highest BCUT2D eigenvalue weighted by atomic mass is 15.6. The Morgan fingerprint density at radius 3 is 2.85 bits per heavy atom. The van der Waals surface area contributed by atoms with Crippen LogP contribution in [0.2, 0.25) is 0 Å². The summed E-state index contributed by atoms with van der Waals surface area (Å²) in [5.74, 6) is 0.789. The van der Waals surface area contributed by atoms with Gasteiger partial charge in [0, 0.05) is 19.1 Å². The van der Waals surface area contributed by atoms with Gasteiger partial charge in [-0.05, 0) is 12.3 Å². The largest absolute Gasteiger partial charge is 0.314 e. The summed E-state index contributed by atoms with van der Waals surface area (Å²) in [6.45, 7) is 2.91. The molecule has 0 spiro atoms. The number of likely N-dealkylation sites (N-methyl/N-ethyl adjacent to an activating group) is 1. The van der Waals surface area contributed by atoms with Crippen LogP contribution in [0.1, 0.15) is 5.82 Å². The van der Waals surface area contributed by atoms with Crippen LogP contribution < -0.4 is 5.32 Å². The van der Waals surface area contributed by atoms with Crippen molar-refractivity contribution in [2.75, 3.05) is 20.1 Å². The molecule has 1 fully saturated rings. The minimum atomic E-state index is 0.629. The maximum Gasteiger partial charge on any atom is 0.188 e. The van der Waals surface area contributed by atoms with Crippen molar-refractivity contribution in [3.63, 3.8) is 0 Å². The first-order valence-electron chi connectivity index (χ1n) is 4.39. The van der Waals surface area contributed by atoms with Gasteiger partial charge in [-0.1, -0.05) is 0 Å². The Balaban J connectivity index is 1.89. The topological polar surface area (TPSA) is 58.9 Å². The van der Waals surface area contributed by atoms with Gasteiger partial charge in [0.15, 0.2) is 5.82 Å². The molecule has 0 bridgehead atoms. The fourth-order valence-electron chi connectivity index (χ4n) is 1.32. The Kier molecular flexibility index (Phi) is 2.24. The third-order valence-corrected chi connectivity index (χ3v) is 2.32. The molecule has 1 aliphatic rings. The molecule has 1 aliphatic heterocycles. The molecule has 0 aliphatic carbocycles. The maximum atomic E-state index is 4.12. The van der Waals surface area contributed by atoms with E-state index in [2.05, 4.69) is 32.7 Å². The highest BCUT2D eigenvalue weighted by Crippen LogP contribution is 2.04. The van der Waals surface area contributed by atoms with E-state index >= 15 is 0 Å². The van der Waals surface area contributed by atoms with E-state index in [9.17, 15) is 0 Å². The zero-order valence-corrected chi connectivity index (χ0v) is 7.93. The summed E-state index contributed by atoms with van der Waals surface area (Å²) in [6.07, 6.45) is 0.